The van der Waals surface area contributed by atoms with E-state index in [2.05, 4.69) is 19.1 Å². The van der Waals surface area contributed by atoms with E-state index in [1.165, 1.54) is 43.1 Å². The maximum Gasteiger partial charge on any atom is 0.134 e. The van der Waals surface area contributed by atoms with Crippen molar-refractivity contribution in [2.45, 2.75) is 45.1 Å². The summed E-state index contributed by atoms with van der Waals surface area (Å²) in [5.74, 6) is 1.60. The van der Waals surface area contributed by atoms with Crippen molar-refractivity contribution in [1.29, 1.82) is 0 Å². The van der Waals surface area contributed by atoms with Gasteiger partial charge in [-0.2, -0.15) is 0 Å². The second-order valence-corrected chi connectivity index (χ2v) is 5.51. The topological polar surface area (TPSA) is 39.2 Å². The van der Waals surface area contributed by atoms with Gasteiger partial charge in [0.25, 0.3) is 0 Å². The number of fused-ring (bicyclic) bond motifs is 1. The Labute approximate surface area is 108 Å². The highest BCUT2D eigenvalue weighted by Crippen LogP contribution is 2.37. The summed E-state index contributed by atoms with van der Waals surface area (Å²) in [6, 6.07) is 8.28. The zero-order chi connectivity index (χ0) is 12.5. The highest BCUT2D eigenvalue weighted by Gasteiger charge is 2.26. The molecule has 1 fully saturated rings. The van der Waals surface area contributed by atoms with Crippen LogP contribution in [-0.2, 0) is 0 Å². The predicted octanol–water partition coefficient (Wildman–Crippen LogP) is 4.32. The molecule has 2 aromatic rings. The van der Waals surface area contributed by atoms with Crippen molar-refractivity contribution < 1.29 is 4.42 Å². The van der Waals surface area contributed by atoms with Crippen LogP contribution in [0.4, 0.5) is 0 Å². The Hall–Kier alpha value is -1.28. The maximum absolute atomic E-state index is 6.44. The van der Waals surface area contributed by atoms with Gasteiger partial charge in [0, 0.05) is 5.39 Å². The van der Waals surface area contributed by atoms with Crippen LogP contribution in [0, 0.1) is 12.8 Å². The summed E-state index contributed by atoms with van der Waals surface area (Å²) in [7, 11) is 0. The minimum absolute atomic E-state index is 0.0673. The minimum atomic E-state index is 0.0673. The van der Waals surface area contributed by atoms with Gasteiger partial charge in [-0.15, -0.1) is 0 Å². The maximum atomic E-state index is 6.44. The molecule has 1 heterocycles. The van der Waals surface area contributed by atoms with E-state index in [0.29, 0.717) is 5.92 Å². The van der Waals surface area contributed by atoms with Gasteiger partial charge in [-0.25, -0.2) is 0 Å². The molecule has 18 heavy (non-hydrogen) atoms. The molecular formula is C16H21NO. The summed E-state index contributed by atoms with van der Waals surface area (Å²) in [6.07, 6.45) is 6.49. The number of rotatable bonds is 2. The van der Waals surface area contributed by atoms with E-state index in [0.717, 1.165) is 11.3 Å². The zero-order valence-electron chi connectivity index (χ0n) is 11.0. The second-order valence-electron chi connectivity index (χ2n) is 5.51. The van der Waals surface area contributed by atoms with Gasteiger partial charge in [0.15, 0.2) is 0 Å². The smallest absolute Gasteiger partial charge is 0.134 e. The fourth-order valence-corrected chi connectivity index (χ4v) is 3.22. The van der Waals surface area contributed by atoms with Crippen LogP contribution in [0.25, 0.3) is 11.0 Å². The molecule has 1 aliphatic carbocycles. The van der Waals surface area contributed by atoms with Crippen LogP contribution in [0.15, 0.2) is 28.7 Å². The monoisotopic (exact) mass is 243 g/mol. The molecular weight excluding hydrogens is 222 g/mol. The lowest BCUT2D eigenvalue weighted by Gasteiger charge is -2.26. The Bertz CT molecular complexity index is 537. The van der Waals surface area contributed by atoms with Gasteiger partial charge in [-0.1, -0.05) is 37.5 Å². The van der Waals surface area contributed by atoms with Gasteiger partial charge in [-0.05, 0) is 37.3 Å². The Morgan fingerprint density at radius 3 is 2.61 bits per heavy atom. The highest BCUT2D eigenvalue weighted by molar-refractivity contribution is 5.82. The normalized spacial score (nSPS) is 19.2. The summed E-state index contributed by atoms with van der Waals surface area (Å²) in [5.41, 5.74) is 8.64. The van der Waals surface area contributed by atoms with Crippen LogP contribution >= 0.6 is 0 Å². The summed E-state index contributed by atoms with van der Waals surface area (Å²) in [6.45, 7) is 2.13. The molecule has 1 atom stereocenters. The van der Waals surface area contributed by atoms with E-state index >= 15 is 0 Å². The SMILES string of the molecule is Cc1c(C(N)C2CCCCC2)oc2ccccc12. The third-order valence-corrected chi connectivity index (χ3v) is 4.34. The summed E-state index contributed by atoms with van der Waals surface area (Å²) >= 11 is 0. The van der Waals surface area contributed by atoms with Crippen LogP contribution in [-0.4, -0.2) is 0 Å². The van der Waals surface area contributed by atoms with E-state index < -0.39 is 0 Å². The molecule has 2 heteroatoms. The van der Waals surface area contributed by atoms with Crippen LogP contribution in [0.3, 0.4) is 0 Å². The number of nitrogens with two attached hydrogens (primary N) is 1. The molecule has 1 aromatic carbocycles. The van der Waals surface area contributed by atoms with Gasteiger partial charge in [0.2, 0.25) is 0 Å². The summed E-state index contributed by atoms with van der Waals surface area (Å²) in [5, 5.41) is 1.21. The molecule has 0 spiro atoms. The first-order valence-corrected chi connectivity index (χ1v) is 7.01. The molecule has 1 aliphatic rings. The molecule has 3 rings (SSSR count). The van der Waals surface area contributed by atoms with Gasteiger partial charge < -0.3 is 10.2 Å². The molecule has 1 unspecified atom stereocenters. The number of furan rings is 1. The lowest BCUT2D eigenvalue weighted by molar-refractivity contribution is 0.283. The predicted molar refractivity (Wildman–Crippen MR) is 74.5 cm³/mol. The first-order chi connectivity index (χ1) is 8.77. The number of para-hydroxylation sites is 1. The van der Waals surface area contributed by atoms with Crippen molar-refractivity contribution in [3.63, 3.8) is 0 Å². The van der Waals surface area contributed by atoms with Gasteiger partial charge in [-0.3, -0.25) is 0 Å². The largest absolute Gasteiger partial charge is 0.459 e. The van der Waals surface area contributed by atoms with Gasteiger partial charge >= 0.3 is 0 Å². The van der Waals surface area contributed by atoms with E-state index in [4.69, 9.17) is 10.2 Å². The molecule has 0 saturated heterocycles. The first kappa shape index (κ1) is 11.8. The number of aryl methyl sites for hydroxylation is 1. The zero-order valence-corrected chi connectivity index (χ0v) is 11.0. The van der Waals surface area contributed by atoms with Crippen molar-refractivity contribution in [3.05, 3.63) is 35.6 Å². The van der Waals surface area contributed by atoms with Crippen molar-refractivity contribution in [3.8, 4) is 0 Å². The molecule has 0 bridgehead atoms. The molecule has 0 radical (unpaired) electrons. The third-order valence-electron chi connectivity index (χ3n) is 4.34. The van der Waals surface area contributed by atoms with Crippen LogP contribution in [0.1, 0.15) is 49.5 Å². The molecule has 1 saturated carbocycles. The van der Waals surface area contributed by atoms with Crippen molar-refractivity contribution in [2.24, 2.45) is 11.7 Å². The third kappa shape index (κ3) is 1.95. The summed E-state index contributed by atoms with van der Waals surface area (Å²) < 4.78 is 5.99. The van der Waals surface area contributed by atoms with Crippen LogP contribution in [0.5, 0.6) is 0 Å². The number of benzene rings is 1. The molecule has 0 aliphatic heterocycles. The molecule has 2 N–H and O–H groups in total. The summed E-state index contributed by atoms with van der Waals surface area (Å²) in [4.78, 5) is 0. The number of hydrogen-bond acceptors (Lipinski definition) is 2. The average Bonchev–Trinajstić information content (AvgIpc) is 2.77. The minimum Gasteiger partial charge on any atom is -0.459 e. The van der Waals surface area contributed by atoms with Gasteiger partial charge in [0.05, 0.1) is 6.04 Å². The Morgan fingerprint density at radius 1 is 1.17 bits per heavy atom. The quantitative estimate of drug-likeness (QED) is 0.853. The second kappa shape index (κ2) is 4.77. The fourth-order valence-electron chi connectivity index (χ4n) is 3.22. The van der Waals surface area contributed by atoms with Crippen LogP contribution < -0.4 is 5.73 Å². The van der Waals surface area contributed by atoms with E-state index in [-0.39, 0.29) is 6.04 Å². The van der Waals surface area contributed by atoms with Gasteiger partial charge in [0.1, 0.15) is 11.3 Å². The molecule has 96 valence electrons. The molecule has 0 amide bonds. The highest BCUT2D eigenvalue weighted by atomic mass is 16.3. The lowest BCUT2D eigenvalue weighted by Crippen LogP contribution is -2.23. The Kier molecular flexibility index (Phi) is 3.13. The van der Waals surface area contributed by atoms with Crippen molar-refractivity contribution in [1.82, 2.24) is 0 Å². The Morgan fingerprint density at radius 2 is 1.89 bits per heavy atom. The van der Waals surface area contributed by atoms with Crippen LogP contribution in [0.2, 0.25) is 0 Å². The van der Waals surface area contributed by atoms with E-state index in [1.54, 1.807) is 0 Å². The lowest BCUT2D eigenvalue weighted by atomic mass is 9.82. The van der Waals surface area contributed by atoms with E-state index in [1.807, 2.05) is 12.1 Å². The Balaban J connectivity index is 1.95. The molecule has 1 aromatic heterocycles. The van der Waals surface area contributed by atoms with Crippen molar-refractivity contribution in [2.75, 3.05) is 0 Å². The number of hydrogen-bond donors (Lipinski definition) is 1. The van der Waals surface area contributed by atoms with Crippen molar-refractivity contribution >= 4 is 11.0 Å². The first-order valence-electron chi connectivity index (χ1n) is 7.01. The van der Waals surface area contributed by atoms with E-state index in [9.17, 15) is 0 Å². The fraction of sp³-hybridized carbons (Fsp3) is 0.500. The molecule has 2 nitrogen and oxygen atoms in total. The standard InChI is InChI=1S/C16H21NO/c1-11-13-9-5-6-10-14(13)18-16(11)15(17)12-7-3-2-4-8-12/h5-6,9-10,12,15H,2-4,7-8,17H2,1H3. The average molecular weight is 243 g/mol.